The molecule has 0 unspecified atom stereocenters. The van der Waals surface area contributed by atoms with Gasteiger partial charge in [-0.25, -0.2) is 0 Å². The number of halogens is 1. The molecule has 0 bridgehead atoms. The Hall–Kier alpha value is -0.350. The molecular formula is C14H20BrNOS. The maximum absolute atomic E-state index is 12.4. The molecule has 0 spiro atoms. The van der Waals surface area contributed by atoms with Gasteiger partial charge in [0.2, 0.25) is 5.91 Å². The van der Waals surface area contributed by atoms with Gasteiger partial charge in [0.25, 0.3) is 0 Å². The zero-order valence-electron chi connectivity index (χ0n) is 10.8. The van der Waals surface area contributed by atoms with Crippen LogP contribution in [0.4, 0.5) is 0 Å². The van der Waals surface area contributed by atoms with Crippen molar-refractivity contribution in [1.29, 1.82) is 0 Å². The number of thiophene rings is 1. The van der Waals surface area contributed by atoms with Crippen LogP contribution in [0.15, 0.2) is 15.2 Å². The molecule has 1 aromatic heterocycles. The Labute approximate surface area is 122 Å². The van der Waals surface area contributed by atoms with E-state index in [1.165, 1.54) is 31.2 Å². The molecule has 0 saturated heterocycles. The molecule has 1 aromatic rings. The van der Waals surface area contributed by atoms with Crippen LogP contribution >= 0.6 is 27.3 Å². The Bertz CT molecular complexity index is 396. The van der Waals surface area contributed by atoms with Crippen LogP contribution < -0.4 is 0 Å². The first-order chi connectivity index (χ1) is 8.66. The highest BCUT2D eigenvalue weighted by atomic mass is 79.9. The standard InChI is InChI=1S/C14H20BrNOS/c1-16(9-11-8-13(15)18-10-11)14(17)12-6-4-2-3-5-7-12/h8,10,12H,2-7,9H2,1H3. The van der Waals surface area contributed by atoms with Gasteiger partial charge in [-0.1, -0.05) is 25.7 Å². The van der Waals surface area contributed by atoms with Gasteiger partial charge in [0.15, 0.2) is 0 Å². The van der Waals surface area contributed by atoms with Gasteiger partial charge >= 0.3 is 0 Å². The van der Waals surface area contributed by atoms with E-state index in [2.05, 4.69) is 27.4 Å². The number of hydrogen-bond donors (Lipinski definition) is 0. The number of amides is 1. The summed E-state index contributed by atoms with van der Waals surface area (Å²) in [5.41, 5.74) is 1.22. The van der Waals surface area contributed by atoms with Crippen molar-refractivity contribution < 1.29 is 4.79 Å². The highest BCUT2D eigenvalue weighted by molar-refractivity contribution is 9.11. The summed E-state index contributed by atoms with van der Waals surface area (Å²) in [5, 5.41) is 2.11. The smallest absolute Gasteiger partial charge is 0.225 e. The third kappa shape index (κ3) is 3.82. The highest BCUT2D eigenvalue weighted by Crippen LogP contribution is 2.26. The first-order valence-electron chi connectivity index (χ1n) is 6.64. The van der Waals surface area contributed by atoms with E-state index in [0.29, 0.717) is 5.91 Å². The van der Waals surface area contributed by atoms with Gasteiger partial charge in [0.1, 0.15) is 0 Å². The summed E-state index contributed by atoms with van der Waals surface area (Å²) >= 11 is 5.14. The Kier molecular flexibility index (Phi) is 5.25. The second-order valence-corrected chi connectivity index (χ2v) is 7.43. The summed E-state index contributed by atoms with van der Waals surface area (Å²) in [6.45, 7) is 0.734. The van der Waals surface area contributed by atoms with E-state index < -0.39 is 0 Å². The predicted octanol–water partition coefficient (Wildman–Crippen LogP) is 4.44. The zero-order valence-corrected chi connectivity index (χ0v) is 13.2. The van der Waals surface area contributed by atoms with Gasteiger partial charge in [-0.05, 0) is 45.8 Å². The van der Waals surface area contributed by atoms with Gasteiger partial charge in [-0.15, -0.1) is 11.3 Å². The van der Waals surface area contributed by atoms with Gasteiger partial charge in [0, 0.05) is 19.5 Å². The minimum Gasteiger partial charge on any atom is -0.341 e. The lowest BCUT2D eigenvalue weighted by Gasteiger charge is -2.22. The van der Waals surface area contributed by atoms with E-state index in [1.807, 2.05) is 11.9 Å². The molecule has 100 valence electrons. The largest absolute Gasteiger partial charge is 0.341 e. The lowest BCUT2D eigenvalue weighted by Crippen LogP contribution is -2.32. The predicted molar refractivity (Wildman–Crippen MR) is 79.7 cm³/mol. The molecule has 1 amide bonds. The van der Waals surface area contributed by atoms with Crippen LogP contribution in [0.3, 0.4) is 0 Å². The van der Waals surface area contributed by atoms with E-state index in [1.54, 1.807) is 11.3 Å². The Morgan fingerprint density at radius 1 is 1.39 bits per heavy atom. The Balaban J connectivity index is 1.91. The summed E-state index contributed by atoms with van der Waals surface area (Å²) in [6, 6.07) is 2.10. The lowest BCUT2D eigenvalue weighted by atomic mass is 9.99. The van der Waals surface area contributed by atoms with E-state index in [0.717, 1.165) is 23.2 Å². The quantitative estimate of drug-likeness (QED) is 0.750. The van der Waals surface area contributed by atoms with Crippen LogP contribution in [0.2, 0.25) is 0 Å². The summed E-state index contributed by atoms with van der Waals surface area (Å²) in [5.74, 6) is 0.596. The monoisotopic (exact) mass is 329 g/mol. The van der Waals surface area contributed by atoms with Crippen LogP contribution in [-0.4, -0.2) is 17.9 Å². The average Bonchev–Trinajstić information content (AvgIpc) is 2.62. The molecule has 0 aliphatic heterocycles. The fraction of sp³-hybridized carbons (Fsp3) is 0.643. The minimum absolute atomic E-state index is 0.263. The van der Waals surface area contributed by atoms with Crippen molar-refractivity contribution in [1.82, 2.24) is 4.90 Å². The molecule has 1 aliphatic rings. The molecule has 1 saturated carbocycles. The molecule has 2 nitrogen and oxygen atoms in total. The molecule has 0 radical (unpaired) electrons. The molecule has 0 N–H and O–H groups in total. The SMILES string of the molecule is CN(Cc1csc(Br)c1)C(=O)C1CCCCCC1. The van der Waals surface area contributed by atoms with E-state index in [-0.39, 0.29) is 5.92 Å². The maximum atomic E-state index is 12.4. The summed E-state index contributed by atoms with van der Waals surface area (Å²) < 4.78 is 1.13. The van der Waals surface area contributed by atoms with Crippen LogP contribution in [0.1, 0.15) is 44.1 Å². The summed E-state index contributed by atoms with van der Waals surface area (Å²) in [7, 11) is 1.93. The van der Waals surface area contributed by atoms with Gasteiger partial charge in [-0.3, -0.25) is 4.79 Å². The van der Waals surface area contributed by atoms with Crippen molar-refractivity contribution in [3.63, 3.8) is 0 Å². The second-order valence-electron chi connectivity index (χ2n) is 5.14. The second kappa shape index (κ2) is 6.71. The van der Waals surface area contributed by atoms with Crippen molar-refractivity contribution in [2.45, 2.75) is 45.1 Å². The van der Waals surface area contributed by atoms with Gasteiger partial charge in [-0.2, -0.15) is 0 Å². The first-order valence-corrected chi connectivity index (χ1v) is 8.32. The van der Waals surface area contributed by atoms with E-state index in [4.69, 9.17) is 0 Å². The van der Waals surface area contributed by atoms with Crippen molar-refractivity contribution in [3.05, 3.63) is 20.8 Å². The maximum Gasteiger partial charge on any atom is 0.225 e. The average molecular weight is 330 g/mol. The van der Waals surface area contributed by atoms with E-state index in [9.17, 15) is 4.79 Å². The molecule has 18 heavy (non-hydrogen) atoms. The third-order valence-electron chi connectivity index (χ3n) is 3.62. The topological polar surface area (TPSA) is 20.3 Å². The third-order valence-corrected chi connectivity index (χ3v) is 5.18. The molecule has 1 aliphatic carbocycles. The molecule has 2 rings (SSSR count). The minimum atomic E-state index is 0.263. The first kappa shape index (κ1) is 14.1. The molecule has 1 heterocycles. The lowest BCUT2D eigenvalue weighted by molar-refractivity contribution is -0.135. The molecular weight excluding hydrogens is 310 g/mol. The van der Waals surface area contributed by atoms with Crippen LogP contribution in [0.25, 0.3) is 0 Å². The van der Waals surface area contributed by atoms with Crippen molar-refractivity contribution >= 4 is 33.2 Å². The fourth-order valence-corrected chi connectivity index (χ4v) is 3.82. The zero-order chi connectivity index (χ0) is 13.0. The van der Waals surface area contributed by atoms with Crippen LogP contribution in [-0.2, 0) is 11.3 Å². The van der Waals surface area contributed by atoms with Crippen LogP contribution in [0.5, 0.6) is 0 Å². The fourth-order valence-electron chi connectivity index (χ4n) is 2.62. The number of carbonyl (C=O) groups excluding carboxylic acids is 1. The highest BCUT2D eigenvalue weighted by Gasteiger charge is 2.23. The van der Waals surface area contributed by atoms with Gasteiger partial charge in [0.05, 0.1) is 3.79 Å². The molecule has 0 atom stereocenters. The van der Waals surface area contributed by atoms with Crippen molar-refractivity contribution in [2.24, 2.45) is 5.92 Å². The molecule has 4 heteroatoms. The Morgan fingerprint density at radius 3 is 2.61 bits per heavy atom. The molecule has 1 fully saturated rings. The Morgan fingerprint density at radius 2 is 2.06 bits per heavy atom. The normalized spacial score (nSPS) is 17.4. The summed E-state index contributed by atoms with van der Waals surface area (Å²) in [6.07, 6.45) is 7.19. The number of rotatable bonds is 3. The van der Waals surface area contributed by atoms with E-state index >= 15 is 0 Å². The van der Waals surface area contributed by atoms with Crippen molar-refractivity contribution in [2.75, 3.05) is 7.05 Å². The van der Waals surface area contributed by atoms with Gasteiger partial charge < -0.3 is 4.90 Å². The number of carbonyl (C=O) groups is 1. The number of hydrogen-bond acceptors (Lipinski definition) is 2. The van der Waals surface area contributed by atoms with Crippen molar-refractivity contribution in [3.8, 4) is 0 Å². The van der Waals surface area contributed by atoms with Crippen LogP contribution in [0, 0.1) is 5.92 Å². The summed E-state index contributed by atoms with van der Waals surface area (Å²) in [4.78, 5) is 14.3. The number of nitrogens with zero attached hydrogens (tertiary/aromatic N) is 1. The molecule has 0 aromatic carbocycles.